The Hall–Kier alpha value is -1.03. The van der Waals surface area contributed by atoms with Crippen LogP contribution in [0.15, 0.2) is 12.3 Å². The first-order valence-corrected chi connectivity index (χ1v) is 5.32. The van der Waals surface area contributed by atoms with E-state index >= 15 is 0 Å². The molecule has 2 heterocycles. The maximum absolute atomic E-state index is 5.83. The molecule has 0 aliphatic carbocycles. The topological polar surface area (TPSA) is 47.1 Å². The van der Waals surface area contributed by atoms with Gasteiger partial charge in [-0.1, -0.05) is 6.92 Å². The molecule has 0 radical (unpaired) electrons. The minimum Gasteiger partial charge on any atom is -0.384 e. The van der Waals surface area contributed by atoms with Crippen LogP contribution in [0.2, 0.25) is 0 Å². The second-order valence-electron chi connectivity index (χ2n) is 3.87. The summed E-state index contributed by atoms with van der Waals surface area (Å²) in [4.78, 5) is 2.47. The van der Waals surface area contributed by atoms with Crippen molar-refractivity contribution >= 4 is 5.82 Å². The van der Waals surface area contributed by atoms with Crippen LogP contribution in [0.3, 0.4) is 0 Å². The van der Waals surface area contributed by atoms with Gasteiger partial charge >= 0.3 is 0 Å². The van der Waals surface area contributed by atoms with Crippen LogP contribution in [0, 0.1) is 0 Å². The predicted molar refractivity (Wildman–Crippen MR) is 57.0 cm³/mol. The molecular weight excluding hydrogens is 176 g/mol. The lowest BCUT2D eigenvalue weighted by molar-refractivity contribution is 0.189. The molecule has 0 atom stereocenters. The molecule has 4 nitrogen and oxygen atoms in total. The van der Waals surface area contributed by atoms with Crippen LogP contribution in [0.5, 0.6) is 0 Å². The zero-order chi connectivity index (χ0) is 9.97. The first-order chi connectivity index (χ1) is 6.81. The van der Waals surface area contributed by atoms with Crippen molar-refractivity contribution in [2.24, 2.45) is 0 Å². The van der Waals surface area contributed by atoms with E-state index in [1.807, 2.05) is 10.7 Å². The molecule has 1 fully saturated rings. The number of likely N-dealkylation sites (tertiary alicyclic amines) is 1. The molecular formula is C10H18N4. The molecule has 0 saturated carbocycles. The molecule has 2 N–H and O–H groups in total. The molecule has 14 heavy (non-hydrogen) atoms. The Morgan fingerprint density at radius 1 is 1.50 bits per heavy atom. The third-order valence-electron chi connectivity index (χ3n) is 3.05. The molecule has 0 unspecified atom stereocenters. The first-order valence-electron chi connectivity index (χ1n) is 5.32. The minimum absolute atomic E-state index is 0.507. The minimum atomic E-state index is 0.507. The highest BCUT2D eigenvalue weighted by atomic mass is 15.3. The third kappa shape index (κ3) is 1.75. The zero-order valence-corrected chi connectivity index (χ0v) is 8.69. The van der Waals surface area contributed by atoms with Crippen molar-refractivity contribution in [3.63, 3.8) is 0 Å². The lowest BCUT2D eigenvalue weighted by Crippen LogP contribution is -2.34. The SMILES string of the molecule is CCN1CCC(n2nccc2N)CC1. The molecule has 0 amide bonds. The number of rotatable bonds is 2. The number of hydrogen-bond donors (Lipinski definition) is 1. The van der Waals surface area contributed by atoms with Crippen LogP contribution in [0.25, 0.3) is 0 Å². The maximum Gasteiger partial charge on any atom is 0.121 e. The summed E-state index contributed by atoms with van der Waals surface area (Å²) in [6.45, 7) is 5.70. The highest BCUT2D eigenvalue weighted by Gasteiger charge is 2.20. The van der Waals surface area contributed by atoms with Crippen molar-refractivity contribution in [2.75, 3.05) is 25.4 Å². The van der Waals surface area contributed by atoms with Gasteiger partial charge in [0, 0.05) is 13.1 Å². The Morgan fingerprint density at radius 2 is 2.21 bits per heavy atom. The van der Waals surface area contributed by atoms with Crippen LogP contribution in [-0.2, 0) is 0 Å². The summed E-state index contributed by atoms with van der Waals surface area (Å²) >= 11 is 0. The molecule has 0 bridgehead atoms. The summed E-state index contributed by atoms with van der Waals surface area (Å²) < 4.78 is 1.97. The Kier molecular flexibility index (Phi) is 2.72. The van der Waals surface area contributed by atoms with Crippen molar-refractivity contribution < 1.29 is 0 Å². The Morgan fingerprint density at radius 3 is 2.71 bits per heavy atom. The van der Waals surface area contributed by atoms with Gasteiger partial charge in [0.2, 0.25) is 0 Å². The molecule has 4 heteroatoms. The van der Waals surface area contributed by atoms with Gasteiger partial charge in [0.25, 0.3) is 0 Å². The summed E-state index contributed by atoms with van der Waals surface area (Å²) in [6.07, 6.45) is 4.11. The van der Waals surface area contributed by atoms with E-state index < -0.39 is 0 Å². The summed E-state index contributed by atoms with van der Waals surface area (Å²) in [7, 11) is 0. The van der Waals surface area contributed by atoms with Gasteiger partial charge < -0.3 is 10.6 Å². The van der Waals surface area contributed by atoms with E-state index in [-0.39, 0.29) is 0 Å². The molecule has 1 aliphatic rings. The summed E-state index contributed by atoms with van der Waals surface area (Å²) in [5.41, 5.74) is 5.83. The van der Waals surface area contributed by atoms with E-state index in [0.29, 0.717) is 6.04 Å². The Balaban J connectivity index is 1.99. The average Bonchev–Trinajstić information content (AvgIpc) is 2.65. The number of anilines is 1. The van der Waals surface area contributed by atoms with Crippen LogP contribution < -0.4 is 5.73 Å². The zero-order valence-electron chi connectivity index (χ0n) is 8.69. The van der Waals surface area contributed by atoms with Crippen LogP contribution in [0.4, 0.5) is 5.82 Å². The molecule has 1 aromatic rings. The summed E-state index contributed by atoms with van der Waals surface area (Å²) in [5.74, 6) is 0.792. The summed E-state index contributed by atoms with van der Waals surface area (Å²) in [6, 6.07) is 2.37. The first kappa shape index (κ1) is 9.52. The van der Waals surface area contributed by atoms with Gasteiger partial charge in [0.05, 0.1) is 12.2 Å². The molecule has 78 valence electrons. The molecule has 2 rings (SSSR count). The number of piperidine rings is 1. The average molecular weight is 194 g/mol. The standard InChI is InChI=1S/C10H18N4/c1-2-13-7-4-9(5-8-13)14-10(11)3-6-12-14/h3,6,9H,2,4-5,7-8,11H2,1H3. The van der Waals surface area contributed by atoms with Crippen LogP contribution in [0.1, 0.15) is 25.8 Å². The van der Waals surface area contributed by atoms with Gasteiger partial charge in [-0.25, -0.2) is 4.68 Å². The lowest BCUT2D eigenvalue weighted by Gasteiger charge is -2.31. The van der Waals surface area contributed by atoms with E-state index in [2.05, 4.69) is 16.9 Å². The largest absolute Gasteiger partial charge is 0.384 e. The number of aromatic nitrogens is 2. The Labute approximate surface area is 84.7 Å². The van der Waals surface area contributed by atoms with Crippen LogP contribution >= 0.6 is 0 Å². The molecule has 1 saturated heterocycles. The molecule has 0 aromatic carbocycles. The molecule has 0 spiro atoms. The number of nitrogens with zero attached hydrogens (tertiary/aromatic N) is 3. The number of hydrogen-bond acceptors (Lipinski definition) is 3. The van der Waals surface area contributed by atoms with E-state index in [1.54, 1.807) is 6.20 Å². The van der Waals surface area contributed by atoms with Crippen molar-refractivity contribution in [2.45, 2.75) is 25.8 Å². The van der Waals surface area contributed by atoms with Crippen molar-refractivity contribution in [3.05, 3.63) is 12.3 Å². The highest BCUT2D eigenvalue weighted by molar-refractivity contribution is 5.26. The van der Waals surface area contributed by atoms with Gasteiger partial charge in [-0.3, -0.25) is 0 Å². The van der Waals surface area contributed by atoms with Crippen molar-refractivity contribution in [3.8, 4) is 0 Å². The monoisotopic (exact) mass is 194 g/mol. The van der Waals surface area contributed by atoms with E-state index in [1.165, 1.54) is 25.9 Å². The summed E-state index contributed by atoms with van der Waals surface area (Å²) in [5, 5.41) is 4.26. The van der Waals surface area contributed by atoms with Gasteiger partial charge in [0.1, 0.15) is 5.82 Å². The smallest absolute Gasteiger partial charge is 0.121 e. The second kappa shape index (κ2) is 4.00. The van der Waals surface area contributed by atoms with Gasteiger partial charge in [-0.15, -0.1) is 0 Å². The molecule has 1 aromatic heterocycles. The Bertz CT molecular complexity index is 286. The predicted octanol–water partition coefficient (Wildman–Crippen LogP) is 1.12. The molecule has 1 aliphatic heterocycles. The fourth-order valence-corrected chi connectivity index (χ4v) is 2.11. The van der Waals surface area contributed by atoms with E-state index in [0.717, 1.165) is 12.4 Å². The maximum atomic E-state index is 5.83. The van der Waals surface area contributed by atoms with Crippen molar-refractivity contribution in [1.29, 1.82) is 0 Å². The number of nitrogens with two attached hydrogens (primary N) is 1. The van der Waals surface area contributed by atoms with Crippen molar-refractivity contribution in [1.82, 2.24) is 14.7 Å². The van der Waals surface area contributed by atoms with Gasteiger partial charge in [-0.2, -0.15) is 5.10 Å². The normalized spacial score (nSPS) is 20.1. The third-order valence-corrected chi connectivity index (χ3v) is 3.05. The quantitative estimate of drug-likeness (QED) is 0.767. The van der Waals surface area contributed by atoms with Gasteiger partial charge in [-0.05, 0) is 25.5 Å². The fraction of sp³-hybridized carbons (Fsp3) is 0.700. The fourth-order valence-electron chi connectivity index (χ4n) is 2.11. The van der Waals surface area contributed by atoms with Crippen LogP contribution in [-0.4, -0.2) is 34.3 Å². The lowest BCUT2D eigenvalue weighted by atomic mass is 10.1. The highest BCUT2D eigenvalue weighted by Crippen LogP contribution is 2.23. The van der Waals surface area contributed by atoms with E-state index in [9.17, 15) is 0 Å². The number of nitrogen functional groups attached to an aromatic ring is 1. The second-order valence-corrected chi connectivity index (χ2v) is 3.87. The van der Waals surface area contributed by atoms with E-state index in [4.69, 9.17) is 5.73 Å². The van der Waals surface area contributed by atoms with Gasteiger partial charge in [0.15, 0.2) is 0 Å².